The smallest absolute Gasteiger partial charge is 0.326 e. The molecule has 0 saturated heterocycles. The van der Waals surface area contributed by atoms with Gasteiger partial charge in [-0.15, -0.1) is 0 Å². The molecule has 0 bridgehead atoms. The van der Waals surface area contributed by atoms with Crippen molar-refractivity contribution in [3.8, 4) is 17.1 Å². The Bertz CT molecular complexity index is 1130. The summed E-state index contributed by atoms with van der Waals surface area (Å²) in [5.41, 5.74) is 2.25. The number of nitrogens with zero attached hydrogens (tertiary/aromatic N) is 3. The SMILES string of the molecule is CCCn1c(=O)[nH]c2cc(-c3noc(COc4ccc(Cl)cc4)n3)ccc21. The Hall–Kier alpha value is -3.06. The zero-order valence-electron chi connectivity index (χ0n) is 14.6. The largest absolute Gasteiger partial charge is 0.484 e. The molecule has 4 aromatic rings. The zero-order valence-corrected chi connectivity index (χ0v) is 15.4. The van der Waals surface area contributed by atoms with Crippen LogP contribution in [0.25, 0.3) is 22.4 Å². The summed E-state index contributed by atoms with van der Waals surface area (Å²) < 4.78 is 12.6. The lowest BCUT2D eigenvalue weighted by atomic mass is 10.2. The Morgan fingerprint density at radius 1 is 1.22 bits per heavy atom. The van der Waals surface area contributed by atoms with Crippen molar-refractivity contribution in [2.45, 2.75) is 26.5 Å². The average Bonchev–Trinajstić information content (AvgIpc) is 3.26. The number of fused-ring (bicyclic) bond motifs is 1. The van der Waals surface area contributed by atoms with E-state index in [2.05, 4.69) is 15.1 Å². The van der Waals surface area contributed by atoms with E-state index in [4.69, 9.17) is 20.9 Å². The second kappa shape index (κ2) is 7.28. The van der Waals surface area contributed by atoms with Crippen molar-refractivity contribution < 1.29 is 9.26 Å². The fraction of sp³-hybridized carbons (Fsp3) is 0.211. The van der Waals surface area contributed by atoms with E-state index < -0.39 is 0 Å². The highest BCUT2D eigenvalue weighted by molar-refractivity contribution is 6.30. The first-order chi connectivity index (χ1) is 13.1. The van der Waals surface area contributed by atoms with E-state index >= 15 is 0 Å². The molecule has 2 aromatic carbocycles. The molecule has 0 radical (unpaired) electrons. The van der Waals surface area contributed by atoms with E-state index in [1.807, 2.05) is 25.1 Å². The number of benzene rings is 2. The molecule has 0 atom stereocenters. The molecule has 0 amide bonds. The highest BCUT2D eigenvalue weighted by Crippen LogP contribution is 2.22. The van der Waals surface area contributed by atoms with Crippen molar-refractivity contribution in [1.29, 1.82) is 0 Å². The molecule has 8 heteroatoms. The number of imidazole rings is 1. The minimum Gasteiger partial charge on any atom is -0.484 e. The van der Waals surface area contributed by atoms with Gasteiger partial charge >= 0.3 is 5.69 Å². The van der Waals surface area contributed by atoms with Crippen LogP contribution in [0.5, 0.6) is 5.75 Å². The predicted molar refractivity (Wildman–Crippen MR) is 102 cm³/mol. The lowest BCUT2D eigenvalue weighted by molar-refractivity contribution is 0.243. The third-order valence-corrected chi connectivity index (χ3v) is 4.38. The van der Waals surface area contributed by atoms with Crippen LogP contribution in [0.15, 0.2) is 51.8 Å². The van der Waals surface area contributed by atoms with Gasteiger partial charge in [-0.2, -0.15) is 4.98 Å². The molecule has 0 unspecified atom stereocenters. The van der Waals surface area contributed by atoms with Gasteiger partial charge in [0.25, 0.3) is 5.89 Å². The Labute approximate surface area is 159 Å². The molecule has 0 aliphatic carbocycles. The zero-order chi connectivity index (χ0) is 18.8. The van der Waals surface area contributed by atoms with Crippen LogP contribution in [0, 0.1) is 0 Å². The van der Waals surface area contributed by atoms with E-state index in [0.717, 1.165) is 23.0 Å². The molecule has 0 aliphatic rings. The van der Waals surface area contributed by atoms with Crippen molar-refractivity contribution in [3.05, 3.63) is 63.9 Å². The minimum atomic E-state index is -0.117. The molecular weight excluding hydrogens is 368 g/mol. The molecule has 0 aliphatic heterocycles. The maximum Gasteiger partial charge on any atom is 0.326 e. The fourth-order valence-electron chi connectivity index (χ4n) is 2.85. The van der Waals surface area contributed by atoms with Gasteiger partial charge < -0.3 is 14.2 Å². The molecule has 4 rings (SSSR count). The van der Waals surface area contributed by atoms with Crippen LogP contribution in [0.4, 0.5) is 0 Å². The van der Waals surface area contributed by atoms with E-state index in [1.165, 1.54) is 0 Å². The summed E-state index contributed by atoms with van der Waals surface area (Å²) >= 11 is 5.85. The van der Waals surface area contributed by atoms with Crippen LogP contribution in [0.1, 0.15) is 19.2 Å². The van der Waals surface area contributed by atoms with Crippen molar-refractivity contribution in [3.63, 3.8) is 0 Å². The summed E-state index contributed by atoms with van der Waals surface area (Å²) in [6.45, 7) is 2.86. The number of aryl methyl sites for hydroxylation is 1. The third kappa shape index (κ3) is 3.59. The van der Waals surface area contributed by atoms with Gasteiger partial charge in [0.15, 0.2) is 6.61 Å². The number of aromatic nitrogens is 4. The summed E-state index contributed by atoms with van der Waals surface area (Å²) in [4.78, 5) is 19.3. The predicted octanol–water partition coefficient (Wildman–Crippen LogP) is 4.02. The van der Waals surface area contributed by atoms with E-state index in [1.54, 1.807) is 28.8 Å². The van der Waals surface area contributed by atoms with Gasteiger partial charge in [-0.25, -0.2) is 4.79 Å². The van der Waals surface area contributed by atoms with Gasteiger partial charge in [0.1, 0.15) is 5.75 Å². The molecular formula is C19H17ClN4O3. The molecule has 0 spiro atoms. The number of halogens is 1. The van der Waals surface area contributed by atoms with Gasteiger partial charge in [0.05, 0.1) is 11.0 Å². The van der Waals surface area contributed by atoms with Crippen LogP contribution < -0.4 is 10.4 Å². The molecule has 0 saturated carbocycles. The van der Waals surface area contributed by atoms with Gasteiger partial charge in [0.2, 0.25) is 5.82 Å². The number of rotatable bonds is 6. The second-order valence-electron chi connectivity index (χ2n) is 6.07. The molecule has 27 heavy (non-hydrogen) atoms. The normalized spacial score (nSPS) is 11.2. The summed E-state index contributed by atoms with van der Waals surface area (Å²) in [6, 6.07) is 12.6. The monoisotopic (exact) mass is 384 g/mol. The molecule has 2 heterocycles. The van der Waals surface area contributed by atoms with Crippen LogP contribution in [0.3, 0.4) is 0 Å². The van der Waals surface area contributed by atoms with Gasteiger partial charge in [-0.05, 0) is 48.9 Å². The Balaban J connectivity index is 1.54. The highest BCUT2D eigenvalue weighted by atomic mass is 35.5. The van der Waals surface area contributed by atoms with Crippen molar-refractivity contribution in [2.75, 3.05) is 0 Å². The topological polar surface area (TPSA) is 85.9 Å². The van der Waals surface area contributed by atoms with Crippen molar-refractivity contribution >= 4 is 22.6 Å². The van der Waals surface area contributed by atoms with Crippen LogP contribution >= 0.6 is 11.6 Å². The van der Waals surface area contributed by atoms with E-state index in [0.29, 0.717) is 29.0 Å². The number of nitrogens with one attached hydrogen (secondary N) is 1. The summed E-state index contributed by atoms with van der Waals surface area (Å²) in [7, 11) is 0. The summed E-state index contributed by atoms with van der Waals surface area (Å²) in [5, 5.41) is 4.64. The van der Waals surface area contributed by atoms with Crippen LogP contribution in [0.2, 0.25) is 5.02 Å². The Kier molecular flexibility index (Phi) is 4.68. The molecule has 2 aromatic heterocycles. The number of hydrogen-bond donors (Lipinski definition) is 1. The standard InChI is InChI=1S/C19H17ClN4O3/c1-2-9-24-16-8-3-12(10-15(16)21-19(24)25)18-22-17(27-23-18)11-26-14-6-4-13(20)5-7-14/h3-8,10H,2,9,11H2,1H3,(H,21,25). The van der Waals surface area contributed by atoms with Crippen LogP contribution in [-0.2, 0) is 13.2 Å². The summed E-state index contributed by atoms with van der Waals surface area (Å²) in [6.07, 6.45) is 0.885. The molecule has 0 fully saturated rings. The van der Waals surface area contributed by atoms with Crippen molar-refractivity contribution in [1.82, 2.24) is 19.7 Å². The van der Waals surface area contributed by atoms with Crippen LogP contribution in [-0.4, -0.2) is 19.7 Å². The molecule has 138 valence electrons. The first-order valence-corrected chi connectivity index (χ1v) is 8.95. The number of hydrogen-bond acceptors (Lipinski definition) is 5. The van der Waals surface area contributed by atoms with E-state index in [-0.39, 0.29) is 12.3 Å². The highest BCUT2D eigenvalue weighted by Gasteiger charge is 2.12. The van der Waals surface area contributed by atoms with E-state index in [9.17, 15) is 4.79 Å². The number of aromatic amines is 1. The average molecular weight is 385 g/mol. The van der Waals surface area contributed by atoms with Crippen molar-refractivity contribution in [2.24, 2.45) is 0 Å². The number of ether oxygens (including phenoxy) is 1. The maximum absolute atomic E-state index is 12.1. The number of H-pyrrole nitrogens is 1. The fourth-order valence-corrected chi connectivity index (χ4v) is 2.98. The Morgan fingerprint density at radius 2 is 2.04 bits per heavy atom. The summed E-state index contributed by atoms with van der Waals surface area (Å²) in [5.74, 6) is 1.46. The second-order valence-corrected chi connectivity index (χ2v) is 6.50. The lowest BCUT2D eigenvalue weighted by Gasteiger charge is -2.02. The van der Waals surface area contributed by atoms with Gasteiger partial charge in [-0.1, -0.05) is 23.7 Å². The lowest BCUT2D eigenvalue weighted by Crippen LogP contribution is -2.16. The molecule has 1 N–H and O–H groups in total. The quantitative estimate of drug-likeness (QED) is 0.542. The third-order valence-electron chi connectivity index (χ3n) is 4.12. The minimum absolute atomic E-state index is 0.117. The Morgan fingerprint density at radius 3 is 2.81 bits per heavy atom. The maximum atomic E-state index is 12.1. The first-order valence-electron chi connectivity index (χ1n) is 8.58. The van der Waals surface area contributed by atoms with Gasteiger partial charge in [0, 0.05) is 17.1 Å². The molecule has 7 nitrogen and oxygen atoms in total. The van der Waals surface area contributed by atoms with Gasteiger partial charge in [-0.3, -0.25) is 4.57 Å². The first kappa shape index (κ1) is 17.4.